The number of hydrogen-bond donors (Lipinski definition) is 1. The van der Waals surface area contributed by atoms with E-state index in [0.29, 0.717) is 11.3 Å². The number of benzene rings is 1. The molecule has 3 rings (SSSR count). The molecule has 5 nitrogen and oxygen atoms in total. The molecule has 0 unspecified atom stereocenters. The fourth-order valence-corrected chi connectivity index (χ4v) is 1.95. The number of nitrogens with one attached hydrogen (secondary N) is 1. The lowest BCUT2D eigenvalue weighted by Gasteiger charge is -2.07. The van der Waals surface area contributed by atoms with Crippen LogP contribution in [0.15, 0.2) is 71.6 Å². The molecule has 0 radical (unpaired) electrons. The fraction of sp³-hybridized carbons (Fsp3) is 0.0588. The van der Waals surface area contributed by atoms with Crippen molar-refractivity contribution in [2.24, 2.45) is 0 Å². The zero-order valence-corrected chi connectivity index (χ0v) is 11.7. The number of nitrogens with zero attached hydrogens (tertiary/aromatic N) is 1. The highest BCUT2D eigenvalue weighted by Gasteiger charge is 2.16. The summed E-state index contributed by atoms with van der Waals surface area (Å²) in [5.41, 5.74) is 1.35. The number of rotatable bonds is 5. The number of aromatic nitrogens is 1. The number of pyridine rings is 1. The minimum atomic E-state index is -0.317. The van der Waals surface area contributed by atoms with Crippen LogP contribution in [0.1, 0.15) is 16.1 Å². The molecule has 110 valence electrons. The Morgan fingerprint density at radius 3 is 2.64 bits per heavy atom. The zero-order chi connectivity index (χ0) is 15.2. The Bertz CT molecular complexity index is 739. The van der Waals surface area contributed by atoms with E-state index in [9.17, 15) is 4.79 Å². The van der Waals surface area contributed by atoms with Gasteiger partial charge >= 0.3 is 0 Å². The maximum absolute atomic E-state index is 12.2. The monoisotopic (exact) mass is 294 g/mol. The molecule has 2 aromatic heterocycles. The van der Waals surface area contributed by atoms with Gasteiger partial charge in [0.15, 0.2) is 5.76 Å². The van der Waals surface area contributed by atoms with Gasteiger partial charge in [0, 0.05) is 23.6 Å². The highest BCUT2D eigenvalue weighted by molar-refractivity contribution is 6.03. The van der Waals surface area contributed by atoms with Crippen molar-refractivity contribution in [3.63, 3.8) is 0 Å². The predicted octanol–water partition coefficient (Wildman–Crippen LogP) is 3.51. The van der Waals surface area contributed by atoms with Gasteiger partial charge in [0.25, 0.3) is 5.91 Å². The van der Waals surface area contributed by atoms with E-state index in [1.165, 1.54) is 6.26 Å². The average molecular weight is 294 g/mol. The minimum Gasteiger partial charge on any atom is -0.489 e. The maximum Gasteiger partial charge on any atom is 0.291 e. The molecule has 1 N–H and O–H groups in total. The Hall–Kier alpha value is -3.08. The van der Waals surface area contributed by atoms with Crippen LogP contribution in [-0.4, -0.2) is 10.9 Å². The first kappa shape index (κ1) is 13.9. The van der Waals surface area contributed by atoms with E-state index < -0.39 is 0 Å². The van der Waals surface area contributed by atoms with Crippen LogP contribution in [0, 0.1) is 0 Å². The van der Waals surface area contributed by atoms with Gasteiger partial charge in [0.2, 0.25) is 0 Å². The van der Waals surface area contributed by atoms with Crippen LogP contribution in [0.3, 0.4) is 0 Å². The first-order chi connectivity index (χ1) is 10.8. The molecular formula is C17H14N2O3. The standard InChI is InChI=1S/C17H14N2O3/c20-17(19-14-6-9-18-10-7-14)16-13(8-11-21-16)12-22-15-4-2-1-3-5-15/h1-11H,12H2,(H,18,19,20). The van der Waals surface area contributed by atoms with Crippen LogP contribution in [0.4, 0.5) is 5.69 Å². The van der Waals surface area contributed by atoms with E-state index >= 15 is 0 Å². The third-order valence-corrected chi connectivity index (χ3v) is 3.03. The van der Waals surface area contributed by atoms with Gasteiger partial charge in [-0.3, -0.25) is 9.78 Å². The van der Waals surface area contributed by atoms with E-state index in [1.54, 1.807) is 30.6 Å². The third-order valence-electron chi connectivity index (χ3n) is 3.03. The Labute approximate surface area is 127 Å². The van der Waals surface area contributed by atoms with Crippen molar-refractivity contribution in [3.8, 4) is 5.75 Å². The molecule has 0 bridgehead atoms. The lowest BCUT2D eigenvalue weighted by atomic mass is 10.2. The molecular weight excluding hydrogens is 280 g/mol. The summed E-state index contributed by atoms with van der Waals surface area (Å²) >= 11 is 0. The van der Waals surface area contributed by atoms with Gasteiger partial charge in [-0.15, -0.1) is 0 Å². The number of furan rings is 1. The van der Waals surface area contributed by atoms with Crippen LogP contribution >= 0.6 is 0 Å². The topological polar surface area (TPSA) is 64.4 Å². The quantitative estimate of drug-likeness (QED) is 0.782. The van der Waals surface area contributed by atoms with Gasteiger partial charge in [-0.25, -0.2) is 0 Å². The molecule has 0 saturated carbocycles. The Kier molecular flexibility index (Phi) is 4.15. The van der Waals surface area contributed by atoms with Gasteiger partial charge in [0.1, 0.15) is 12.4 Å². The van der Waals surface area contributed by atoms with Crippen molar-refractivity contribution >= 4 is 11.6 Å². The van der Waals surface area contributed by atoms with Gasteiger partial charge in [-0.1, -0.05) is 18.2 Å². The van der Waals surface area contributed by atoms with Crippen LogP contribution in [0.25, 0.3) is 0 Å². The normalized spacial score (nSPS) is 10.2. The molecule has 0 atom stereocenters. The minimum absolute atomic E-state index is 0.243. The van der Waals surface area contributed by atoms with E-state index in [0.717, 1.165) is 5.75 Å². The summed E-state index contributed by atoms with van der Waals surface area (Å²) in [5.74, 6) is 0.666. The van der Waals surface area contributed by atoms with Crippen LogP contribution in [-0.2, 0) is 6.61 Å². The molecule has 1 amide bonds. The number of hydrogen-bond acceptors (Lipinski definition) is 4. The van der Waals surface area contributed by atoms with Crippen molar-refractivity contribution in [3.05, 3.63) is 78.5 Å². The second kappa shape index (κ2) is 6.58. The SMILES string of the molecule is O=C(Nc1ccncc1)c1occc1COc1ccccc1. The summed E-state index contributed by atoms with van der Waals surface area (Å²) < 4.78 is 10.9. The lowest BCUT2D eigenvalue weighted by molar-refractivity contribution is 0.0993. The summed E-state index contributed by atoms with van der Waals surface area (Å²) in [6.07, 6.45) is 4.69. The van der Waals surface area contributed by atoms with E-state index in [-0.39, 0.29) is 18.3 Å². The lowest BCUT2D eigenvalue weighted by Crippen LogP contribution is -2.13. The molecule has 3 aromatic rings. The number of anilines is 1. The van der Waals surface area contributed by atoms with E-state index in [1.807, 2.05) is 30.3 Å². The number of carbonyl (C=O) groups is 1. The van der Waals surface area contributed by atoms with Crippen LogP contribution in [0.5, 0.6) is 5.75 Å². The first-order valence-corrected chi connectivity index (χ1v) is 6.78. The highest BCUT2D eigenvalue weighted by Crippen LogP contribution is 2.17. The summed E-state index contributed by atoms with van der Waals surface area (Å²) in [7, 11) is 0. The molecule has 2 heterocycles. The summed E-state index contributed by atoms with van der Waals surface area (Å²) in [6, 6.07) is 14.6. The molecule has 0 aliphatic rings. The van der Waals surface area contributed by atoms with Gasteiger partial charge in [-0.05, 0) is 30.3 Å². The Morgan fingerprint density at radius 2 is 1.86 bits per heavy atom. The largest absolute Gasteiger partial charge is 0.489 e. The van der Waals surface area contributed by atoms with Crippen molar-refractivity contribution in [2.45, 2.75) is 6.61 Å². The van der Waals surface area contributed by atoms with E-state index in [4.69, 9.17) is 9.15 Å². The van der Waals surface area contributed by atoms with Crippen LogP contribution in [0.2, 0.25) is 0 Å². The predicted molar refractivity (Wildman–Crippen MR) is 81.7 cm³/mol. The van der Waals surface area contributed by atoms with Crippen LogP contribution < -0.4 is 10.1 Å². The second-order valence-electron chi connectivity index (χ2n) is 4.57. The summed E-state index contributed by atoms with van der Waals surface area (Å²) in [6.45, 7) is 0.264. The molecule has 0 aliphatic heterocycles. The molecule has 0 fully saturated rings. The van der Waals surface area contributed by atoms with Crippen molar-refractivity contribution < 1.29 is 13.9 Å². The van der Waals surface area contributed by atoms with E-state index in [2.05, 4.69) is 10.3 Å². The molecule has 0 aliphatic carbocycles. The summed E-state index contributed by atoms with van der Waals surface area (Å²) in [5, 5.41) is 2.75. The second-order valence-corrected chi connectivity index (χ2v) is 4.57. The van der Waals surface area contributed by atoms with Crippen molar-refractivity contribution in [1.82, 2.24) is 4.98 Å². The Morgan fingerprint density at radius 1 is 1.09 bits per heavy atom. The molecule has 0 spiro atoms. The van der Waals surface area contributed by atoms with Gasteiger partial charge in [0.05, 0.1) is 6.26 Å². The number of amides is 1. The highest BCUT2D eigenvalue weighted by atomic mass is 16.5. The van der Waals surface area contributed by atoms with Crippen molar-refractivity contribution in [2.75, 3.05) is 5.32 Å². The molecule has 0 saturated heterocycles. The molecule has 22 heavy (non-hydrogen) atoms. The van der Waals surface area contributed by atoms with Gasteiger partial charge in [-0.2, -0.15) is 0 Å². The fourth-order valence-electron chi connectivity index (χ4n) is 1.95. The maximum atomic E-state index is 12.2. The third kappa shape index (κ3) is 3.32. The first-order valence-electron chi connectivity index (χ1n) is 6.78. The number of carbonyl (C=O) groups excluding carboxylic acids is 1. The smallest absolute Gasteiger partial charge is 0.291 e. The molecule has 1 aromatic carbocycles. The van der Waals surface area contributed by atoms with Gasteiger partial charge < -0.3 is 14.5 Å². The number of ether oxygens (including phenoxy) is 1. The number of para-hydroxylation sites is 1. The van der Waals surface area contributed by atoms with Crippen molar-refractivity contribution in [1.29, 1.82) is 0 Å². The summed E-state index contributed by atoms with van der Waals surface area (Å²) in [4.78, 5) is 16.1. The Balaban J connectivity index is 1.68. The molecule has 5 heteroatoms. The zero-order valence-electron chi connectivity index (χ0n) is 11.7. The average Bonchev–Trinajstić information content (AvgIpc) is 3.03.